The number of hydrogen-bond acceptors (Lipinski definition) is 0. The Labute approximate surface area is 45.2 Å². The maximum Gasteiger partial charge on any atom is 2.00 e. The molecule has 0 aliphatic heterocycles. The molecule has 0 spiro atoms. The average Bonchev–Trinajstić information content (AvgIpc) is 0. The van der Waals surface area contributed by atoms with E-state index in [2.05, 4.69) is 0 Å². The molecule has 4 heteroatoms. The SMILES string of the molecule is [Co+2].[Cu+2].[O-2].[O-2]. The van der Waals surface area contributed by atoms with Gasteiger partial charge in [-0.05, 0) is 0 Å². The van der Waals surface area contributed by atoms with Crippen molar-refractivity contribution in [2.75, 3.05) is 0 Å². The summed E-state index contributed by atoms with van der Waals surface area (Å²) < 4.78 is 0. The minimum absolute atomic E-state index is 0. The molecule has 0 aromatic heterocycles. The minimum Gasteiger partial charge on any atom is -2.00 e. The van der Waals surface area contributed by atoms with Crippen LogP contribution >= 0.6 is 0 Å². The van der Waals surface area contributed by atoms with Crippen LogP contribution in [0.4, 0.5) is 0 Å². The Morgan fingerprint density at radius 3 is 0.750 bits per heavy atom. The first-order valence-electron chi connectivity index (χ1n) is 0. The summed E-state index contributed by atoms with van der Waals surface area (Å²) in [5.74, 6) is 0. The quantitative estimate of drug-likeness (QED) is 0.433. The van der Waals surface area contributed by atoms with Gasteiger partial charge in [0.1, 0.15) is 0 Å². The zero-order valence-corrected chi connectivity index (χ0v) is 3.43. The van der Waals surface area contributed by atoms with E-state index in [0.29, 0.717) is 0 Å². The van der Waals surface area contributed by atoms with Gasteiger partial charge in [0, 0.05) is 0 Å². The van der Waals surface area contributed by atoms with Crippen molar-refractivity contribution in [2.45, 2.75) is 0 Å². The maximum atomic E-state index is 0. The Bertz CT molecular complexity index is 6.00. The Morgan fingerprint density at radius 2 is 0.750 bits per heavy atom. The third-order valence-corrected chi connectivity index (χ3v) is 0. The predicted molar refractivity (Wildman–Crippen MR) is 1.37 cm³/mol. The summed E-state index contributed by atoms with van der Waals surface area (Å²) in [7, 11) is 0. The molecule has 0 saturated heterocycles. The fourth-order valence-electron chi connectivity index (χ4n) is 0. The molecule has 4 heavy (non-hydrogen) atoms. The fraction of sp³-hybridized carbons (Fsp3) is 0. The van der Waals surface area contributed by atoms with E-state index in [1.165, 1.54) is 0 Å². The average molecular weight is 154 g/mol. The fourth-order valence-corrected chi connectivity index (χ4v) is 0. The molecular weight excluding hydrogens is 154 g/mol. The smallest absolute Gasteiger partial charge is 2.00 e. The summed E-state index contributed by atoms with van der Waals surface area (Å²) in [5.41, 5.74) is 0. The Balaban J connectivity index is 0. The summed E-state index contributed by atoms with van der Waals surface area (Å²) in [4.78, 5) is 0. The Hall–Kier alpha value is 0.946. The summed E-state index contributed by atoms with van der Waals surface area (Å²) in [6.45, 7) is 0. The van der Waals surface area contributed by atoms with Crippen LogP contribution < -0.4 is 0 Å². The van der Waals surface area contributed by atoms with Gasteiger partial charge in [-0.3, -0.25) is 0 Å². The van der Waals surface area contributed by atoms with E-state index in [4.69, 9.17) is 0 Å². The molecule has 0 N–H and O–H groups in total. The molecule has 0 saturated carbocycles. The van der Waals surface area contributed by atoms with E-state index in [-0.39, 0.29) is 44.8 Å². The van der Waals surface area contributed by atoms with Gasteiger partial charge >= 0.3 is 33.8 Å². The topological polar surface area (TPSA) is 57.0 Å². The van der Waals surface area contributed by atoms with Gasteiger partial charge in [-0.15, -0.1) is 0 Å². The molecule has 0 fully saturated rings. The summed E-state index contributed by atoms with van der Waals surface area (Å²) in [6, 6.07) is 0. The Morgan fingerprint density at radius 1 is 0.750 bits per heavy atom. The molecule has 2 nitrogen and oxygen atoms in total. The van der Waals surface area contributed by atoms with Crippen LogP contribution in [0.2, 0.25) is 0 Å². The van der Waals surface area contributed by atoms with Crippen molar-refractivity contribution in [3.8, 4) is 0 Å². The van der Waals surface area contributed by atoms with Gasteiger partial charge in [0.2, 0.25) is 0 Å². The second-order valence-electron chi connectivity index (χ2n) is 0. The molecule has 0 amide bonds. The first-order valence-corrected chi connectivity index (χ1v) is 0. The molecule has 32 valence electrons. The van der Waals surface area contributed by atoms with Crippen molar-refractivity contribution in [3.63, 3.8) is 0 Å². The van der Waals surface area contributed by atoms with E-state index >= 15 is 0 Å². The number of rotatable bonds is 0. The number of hydrogen-bond donors (Lipinski definition) is 0. The van der Waals surface area contributed by atoms with Crippen molar-refractivity contribution in [2.24, 2.45) is 0 Å². The first-order chi connectivity index (χ1) is 0. The molecule has 0 aliphatic carbocycles. The zero-order chi connectivity index (χ0) is 0. The van der Waals surface area contributed by atoms with Gasteiger partial charge in [0.15, 0.2) is 0 Å². The molecule has 0 rings (SSSR count). The van der Waals surface area contributed by atoms with Gasteiger partial charge in [0.25, 0.3) is 0 Å². The van der Waals surface area contributed by atoms with Crippen molar-refractivity contribution >= 4 is 0 Å². The molecule has 0 unspecified atom stereocenters. The van der Waals surface area contributed by atoms with E-state index in [1.54, 1.807) is 0 Å². The van der Waals surface area contributed by atoms with Crippen LogP contribution in [-0.4, -0.2) is 0 Å². The van der Waals surface area contributed by atoms with Crippen LogP contribution in [-0.2, 0) is 44.8 Å². The molecule has 0 heterocycles. The van der Waals surface area contributed by atoms with E-state index in [1.807, 2.05) is 0 Å². The summed E-state index contributed by atoms with van der Waals surface area (Å²) in [6.07, 6.45) is 0. The minimum atomic E-state index is 0. The zero-order valence-electron chi connectivity index (χ0n) is 1.45. The second kappa shape index (κ2) is 38.3. The van der Waals surface area contributed by atoms with Gasteiger partial charge < -0.3 is 11.0 Å². The molecule has 0 aromatic rings. The third-order valence-electron chi connectivity index (χ3n) is 0. The predicted octanol–water partition coefficient (Wildman–Crippen LogP) is -0.243. The monoisotopic (exact) mass is 154 g/mol. The van der Waals surface area contributed by atoms with Gasteiger partial charge in [-0.2, -0.15) is 0 Å². The molecule has 0 aromatic carbocycles. The van der Waals surface area contributed by atoms with Crippen molar-refractivity contribution in [3.05, 3.63) is 0 Å². The maximum absolute atomic E-state index is 0. The van der Waals surface area contributed by atoms with Crippen LogP contribution in [0.25, 0.3) is 0 Å². The van der Waals surface area contributed by atoms with Crippen molar-refractivity contribution in [1.82, 2.24) is 0 Å². The normalized spacial score (nSPS) is 0. The van der Waals surface area contributed by atoms with E-state index in [9.17, 15) is 0 Å². The largest absolute Gasteiger partial charge is 2.00 e. The van der Waals surface area contributed by atoms with Crippen LogP contribution in [0, 0.1) is 0 Å². The van der Waals surface area contributed by atoms with Gasteiger partial charge in [0.05, 0.1) is 0 Å². The first kappa shape index (κ1) is 86.1. The molecule has 0 bridgehead atoms. The summed E-state index contributed by atoms with van der Waals surface area (Å²) in [5, 5.41) is 0. The van der Waals surface area contributed by atoms with Crippen LogP contribution in [0.1, 0.15) is 0 Å². The molecule has 0 atom stereocenters. The Kier molecular flexibility index (Phi) is 823. The van der Waals surface area contributed by atoms with Crippen LogP contribution in [0.3, 0.4) is 0 Å². The van der Waals surface area contributed by atoms with Crippen LogP contribution in [0.15, 0.2) is 0 Å². The molecule has 2 radical (unpaired) electrons. The van der Waals surface area contributed by atoms with E-state index < -0.39 is 0 Å². The van der Waals surface area contributed by atoms with Gasteiger partial charge in [-0.1, -0.05) is 0 Å². The van der Waals surface area contributed by atoms with E-state index in [0.717, 1.165) is 0 Å². The molecular formula is CoCuO2. The van der Waals surface area contributed by atoms with Crippen molar-refractivity contribution in [1.29, 1.82) is 0 Å². The van der Waals surface area contributed by atoms with Crippen molar-refractivity contribution < 1.29 is 44.8 Å². The van der Waals surface area contributed by atoms with Gasteiger partial charge in [-0.25, -0.2) is 0 Å². The standard InChI is InChI=1S/Co.Cu.2O/q2*+2;2*-2. The second-order valence-corrected chi connectivity index (χ2v) is 0. The molecule has 0 aliphatic rings. The van der Waals surface area contributed by atoms with Crippen LogP contribution in [0.5, 0.6) is 0 Å². The third kappa shape index (κ3) is 12.5. The summed E-state index contributed by atoms with van der Waals surface area (Å²) >= 11 is 0.